The van der Waals surface area contributed by atoms with Crippen LogP contribution in [-0.2, 0) is 14.8 Å². The second-order valence-corrected chi connectivity index (χ2v) is 10.8. The van der Waals surface area contributed by atoms with Crippen LogP contribution < -0.4 is 10.0 Å². The quantitative estimate of drug-likeness (QED) is 0.643. The van der Waals surface area contributed by atoms with E-state index in [-0.39, 0.29) is 22.6 Å². The van der Waals surface area contributed by atoms with Crippen LogP contribution in [0.5, 0.6) is 0 Å². The summed E-state index contributed by atoms with van der Waals surface area (Å²) < 4.78 is 28.4. The zero-order valence-corrected chi connectivity index (χ0v) is 20.5. The number of sulfonamides is 1. The molecule has 1 fully saturated rings. The molecule has 3 rings (SSSR count). The summed E-state index contributed by atoms with van der Waals surface area (Å²) in [5, 5.41) is 2.96. The molecule has 1 saturated heterocycles. The molecule has 2 aromatic rings. The Morgan fingerprint density at radius 3 is 2.58 bits per heavy atom. The van der Waals surface area contributed by atoms with Crippen molar-refractivity contribution >= 4 is 27.5 Å². The molecule has 2 N–H and O–H groups in total. The van der Waals surface area contributed by atoms with E-state index in [2.05, 4.69) is 10.0 Å². The molecule has 33 heavy (non-hydrogen) atoms. The fraction of sp³-hybridized carbons (Fsp3) is 0.440. The Bertz CT molecular complexity index is 1130. The highest BCUT2D eigenvalue weighted by Gasteiger charge is 2.29. The Hall–Kier alpha value is -2.87. The highest BCUT2D eigenvalue weighted by Crippen LogP contribution is 2.23. The summed E-state index contributed by atoms with van der Waals surface area (Å²) in [5.74, 6) is -0.0850. The SMILES string of the molecule is Cc1ccc(S(=O)(=O)Nc2cccc(C(=O)N3CCCC(C(=O)NCC(C)C)C3)c2)c(C)c1. The maximum absolute atomic E-state index is 13.1. The highest BCUT2D eigenvalue weighted by molar-refractivity contribution is 7.92. The minimum absolute atomic E-state index is 0.0174. The average Bonchev–Trinajstić information content (AvgIpc) is 2.76. The molecule has 0 bridgehead atoms. The average molecular weight is 472 g/mol. The van der Waals surface area contributed by atoms with Crippen molar-refractivity contribution in [3.05, 3.63) is 59.2 Å². The molecule has 1 unspecified atom stereocenters. The van der Waals surface area contributed by atoms with Crippen molar-refractivity contribution in [2.75, 3.05) is 24.4 Å². The summed E-state index contributed by atoms with van der Waals surface area (Å²) in [6.07, 6.45) is 1.51. The maximum Gasteiger partial charge on any atom is 0.262 e. The number of carbonyl (C=O) groups excluding carboxylic acids is 2. The second kappa shape index (κ2) is 10.4. The van der Waals surface area contributed by atoms with Crippen molar-refractivity contribution in [3.63, 3.8) is 0 Å². The number of benzene rings is 2. The molecule has 2 amide bonds. The van der Waals surface area contributed by atoms with Crippen LogP contribution in [0, 0.1) is 25.7 Å². The lowest BCUT2D eigenvalue weighted by Gasteiger charge is -2.32. The fourth-order valence-electron chi connectivity index (χ4n) is 4.03. The van der Waals surface area contributed by atoms with Crippen LogP contribution in [0.1, 0.15) is 48.2 Å². The normalized spacial score (nSPS) is 16.5. The van der Waals surface area contributed by atoms with Gasteiger partial charge in [0.1, 0.15) is 0 Å². The summed E-state index contributed by atoms with van der Waals surface area (Å²) in [4.78, 5) is 27.5. The minimum Gasteiger partial charge on any atom is -0.356 e. The van der Waals surface area contributed by atoms with E-state index < -0.39 is 10.0 Å². The fourth-order valence-corrected chi connectivity index (χ4v) is 5.31. The van der Waals surface area contributed by atoms with Gasteiger partial charge in [-0.3, -0.25) is 14.3 Å². The van der Waals surface area contributed by atoms with Gasteiger partial charge in [0.15, 0.2) is 0 Å². The van der Waals surface area contributed by atoms with Gasteiger partial charge in [-0.25, -0.2) is 8.42 Å². The van der Waals surface area contributed by atoms with Gasteiger partial charge in [0, 0.05) is 30.9 Å². The van der Waals surface area contributed by atoms with Crippen molar-refractivity contribution in [2.24, 2.45) is 11.8 Å². The van der Waals surface area contributed by atoms with Gasteiger partial charge in [-0.1, -0.05) is 37.6 Å². The van der Waals surface area contributed by atoms with E-state index in [1.165, 1.54) is 0 Å². The number of aryl methyl sites for hydroxylation is 2. The van der Waals surface area contributed by atoms with E-state index >= 15 is 0 Å². The van der Waals surface area contributed by atoms with Crippen molar-refractivity contribution in [1.29, 1.82) is 0 Å². The molecule has 178 valence electrons. The molecule has 0 aliphatic carbocycles. The van der Waals surface area contributed by atoms with Gasteiger partial charge in [-0.05, 0) is 62.4 Å². The van der Waals surface area contributed by atoms with Gasteiger partial charge in [-0.15, -0.1) is 0 Å². The number of likely N-dealkylation sites (tertiary alicyclic amines) is 1. The molecule has 8 heteroatoms. The minimum atomic E-state index is -3.79. The van der Waals surface area contributed by atoms with Crippen LogP contribution in [-0.4, -0.2) is 44.8 Å². The largest absolute Gasteiger partial charge is 0.356 e. The zero-order chi connectivity index (χ0) is 24.2. The molecule has 1 aliphatic rings. The predicted octanol–water partition coefficient (Wildman–Crippen LogP) is 3.73. The van der Waals surface area contributed by atoms with E-state index in [1.807, 2.05) is 26.8 Å². The summed E-state index contributed by atoms with van der Waals surface area (Å²) in [7, 11) is -3.79. The Kier molecular flexibility index (Phi) is 7.79. The number of hydrogen-bond acceptors (Lipinski definition) is 4. The van der Waals surface area contributed by atoms with Crippen LogP contribution in [0.25, 0.3) is 0 Å². The smallest absolute Gasteiger partial charge is 0.262 e. The third-order valence-electron chi connectivity index (χ3n) is 5.75. The highest BCUT2D eigenvalue weighted by atomic mass is 32.2. The summed E-state index contributed by atoms with van der Waals surface area (Å²) >= 11 is 0. The van der Waals surface area contributed by atoms with Gasteiger partial charge in [0.2, 0.25) is 5.91 Å². The van der Waals surface area contributed by atoms with Gasteiger partial charge >= 0.3 is 0 Å². The topological polar surface area (TPSA) is 95.6 Å². The number of amides is 2. The first-order chi connectivity index (χ1) is 15.6. The predicted molar refractivity (Wildman–Crippen MR) is 130 cm³/mol. The van der Waals surface area contributed by atoms with Crippen molar-refractivity contribution < 1.29 is 18.0 Å². The monoisotopic (exact) mass is 471 g/mol. The van der Waals surface area contributed by atoms with Crippen molar-refractivity contribution in [2.45, 2.75) is 45.4 Å². The van der Waals surface area contributed by atoms with Gasteiger partial charge < -0.3 is 10.2 Å². The molecule has 1 heterocycles. The first kappa shape index (κ1) is 24.8. The van der Waals surface area contributed by atoms with E-state index in [1.54, 1.807) is 48.2 Å². The van der Waals surface area contributed by atoms with Crippen molar-refractivity contribution in [3.8, 4) is 0 Å². The molecule has 0 saturated carbocycles. The van der Waals surface area contributed by atoms with Gasteiger partial charge in [-0.2, -0.15) is 0 Å². The van der Waals surface area contributed by atoms with Gasteiger partial charge in [0.25, 0.3) is 15.9 Å². The van der Waals surface area contributed by atoms with Crippen LogP contribution >= 0.6 is 0 Å². The molecular weight excluding hydrogens is 438 g/mol. The third-order valence-corrected chi connectivity index (χ3v) is 7.29. The molecule has 2 aromatic carbocycles. The lowest BCUT2D eigenvalue weighted by Crippen LogP contribution is -2.46. The van der Waals surface area contributed by atoms with Crippen LogP contribution in [0.2, 0.25) is 0 Å². The summed E-state index contributed by atoms with van der Waals surface area (Å²) in [6, 6.07) is 11.6. The van der Waals surface area contributed by atoms with E-state index in [9.17, 15) is 18.0 Å². The van der Waals surface area contributed by atoms with Crippen molar-refractivity contribution in [1.82, 2.24) is 10.2 Å². The van der Waals surface area contributed by atoms with E-state index in [0.717, 1.165) is 18.4 Å². The number of nitrogens with one attached hydrogen (secondary N) is 2. The Labute approximate surface area is 196 Å². The molecule has 7 nitrogen and oxygen atoms in total. The molecule has 1 atom stereocenters. The first-order valence-corrected chi connectivity index (χ1v) is 12.8. The van der Waals surface area contributed by atoms with E-state index in [4.69, 9.17) is 0 Å². The number of piperidine rings is 1. The number of anilines is 1. The molecule has 0 aromatic heterocycles. The molecule has 0 radical (unpaired) electrons. The standard InChI is InChI=1S/C25H33N3O4S/c1-17(2)15-26-24(29)21-8-6-12-28(16-21)25(30)20-7-5-9-22(14-20)27-33(31,32)23-11-10-18(3)13-19(23)4/h5,7,9-11,13-14,17,21,27H,6,8,12,15-16H2,1-4H3,(H,26,29). The van der Waals surface area contributed by atoms with Crippen LogP contribution in [0.4, 0.5) is 5.69 Å². The third kappa shape index (κ3) is 6.35. The number of rotatable bonds is 7. The molecule has 1 aliphatic heterocycles. The molecule has 0 spiro atoms. The first-order valence-electron chi connectivity index (χ1n) is 11.3. The Balaban J connectivity index is 1.72. The summed E-state index contributed by atoms with van der Waals surface area (Å²) in [5.41, 5.74) is 2.35. The Morgan fingerprint density at radius 1 is 1.12 bits per heavy atom. The number of hydrogen-bond donors (Lipinski definition) is 2. The Morgan fingerprint density at radius 2 is 1.88 bits per heavy atom. The number of nitrogens with zero attached hydrogens (tertiary/aromatic N) is 1. The second-order valence-electron chi connectivity index (χ2n) is 9.18. The summed E-state index contributed by atoms with van der Waals surface area (Å²) in [6.45, 7) is 9.30. The number of carbonyl (C=O) groups is 2. The molecular formula is C25H33N3O4S. The van der Waals surface area contributed by atoms with Crippen LogP contribution in [0.15, 0.2) is 47.4 Å². The maximum atomic E-state index is 13.1. The van der Waals surface area contributed by atoms with Crippen LogP contribution in [0.3, 0.4) is 0 Å². The zero-order valence-electron chi connectivity index (χ0n) is 19.7. The van der Waals surface area contributed by atoms with Gasteiger partial charge in [0.05, 0.1) is 10.8 Å². The van der Waals surface area contributed by atoms with E-state index in [0.29, 0.717) is 42.4 Å². The lowest BCUT2D eigenvalue weighted by atomic mass is 9.96. The lowest BCUT2D eigenvalue weighted by molar-refractivity contribution is -0.126.